The first-order chi connectivity index (χ1) is 14.2. The van der Waals surface area contributed by atoms with Gasteiger partial charge in [-0.2, -0.15) is 16.2 Å². The summed E-state index contributed by atoms with van der Waals surface area (Å²) in [6, 6.07) is 7.60. The van der Waals surface area contributed by atoms with Crippen molar-refractivity contribution in [1.82, 2.24) is 4.98 Å². The number of rotatable bonds is 10. The number of thiazole rings is 1. The lowest BCUT2D eigenvalue weighted by Gasteiger charge is -2.10. The van der Waals surface area contributed by atoms with Crippen LogP contribution < -0.4 is 5.32 Å². The molecule has 10 heteroatoms. The van der Waals surface area contributed by atoms with Crippen molar-refractivity contribution >= 4 is 51.6 Å². The molecule has 1 saturated heterocycles. The van der Waals surface area contributed by atoms with Crippen molar-refractivity contribution in [2.45, 2.75) is 23.8 Å². The standard InChI is InChI=1S/C19H22FN3O3S3/c1-27-9-2-10-28-15-5-3-13(4-6-15)17(23-26-14-7-8-25-12-14)18(24)22-19-21-11-16(20)29-19/h3-6,11,14H,2,7-10,12H2,1H3,(H,21,22,24)/b23-17+/t14-/m1/s1. The molecule has 3 rings (SSSR count). The second-order valence-electron chi connectivity index (χ2n) is 6.17. The van der Waals surface area contributed by atoms with Gasteiger partial charge in [0.25, 0.3) is 5.91 Å². The minimum atomic E-state index is -0.501. The molecule has 0 saturated carbocycles. The fourth-order valence-corrected chi connectivity index (χ4v) is 4.53. The van der Waals surface area contributed by atoms with Gasteiger partial charge in [0.2, 0.25) is 0 Å². The van der Waals surface area contributed by atoms with E-state index in [1.54, 1.807) is 11.8 Å². The van der Waals surface area contributed by atoms with Crippen molar-refractivity contribution in [2.24, 2.45) is 5.16 Å². The third kappa shape index (κ3) is 6.98. The summed E-state index contributed by atoms with van der Waals surface area (Å²) in [5.74, 6) is 1.68. The number of ether oxygens (including phenoxy) is 1. The van der Waals surface area contributed by atoms with Gasteiger partial charge in [-0.25, -0.2) is 4.98 Å². The van der Waals surface area contributed by atoms with E-state index in [0.717, 1.165) is 46.8 Å². The Balaban J connectivity index is 1.71. The molecule has 6 nitrogen and oxygen atoms in total. The zero-order valence-electron chi connectivity index (χ0n) is 15.9. The van der Waals surface area contributed by atoms with E-state index in [2.05, 4.69) is 21.7 Å². The number of benzene rings is 1. The molecule has 1 aromatic heterocycles. The van der Waals surface area contributed by atoms with E-state index in [4.69, 9.17) is 9.57 Å². The third-order valence-corrected chi connectivity index (χ3v) is 6.48. The topological polar surface area (TPSA) is 72.8 Å². The average molecular weight is 456 g/mol. The minimum absolute atomic E-state index is 0.117. The van der Waals surface area contributed by atoms with Gasteiger partial charge in [0.05, 0.1) is 19.4 Å². The fourth-order valence-electron chi connectivity index (χ4n) is 2.52. The zero-order valence-corrected chi connectivity index (χ0v) is 18.4. The molecule has 29 heavy (non-hydrogen) atoms. The second-order valence-corrected chi connectivity index (χ2v) is 9.31. The Labute approximate surface area is 181 Å². The van der Waals surface area contributed by atoms with E-state index in [9.17, 15) is 9.18 Å². The Kier molecular flexibility index (Phi) is 8.78. The molecule has 1 aliphatic rings. The number of thioether (sulfide) groups is 2. The number of nitrogens with zero attached hydrogens (tertiary/aromatic N) is 2. The predicted octanol–water partition coefficient (Wildman–Crippen LogP) is 4.28. The largest absolute Gasteiger partial charge is 0.389 e. The Bertz CT molecular complexity index is 824. The van der Waals surface area contributed by atoms with Gasteiger partial charge in [0.1, 0.15) is 0 Å². The molecule has 2 aromatic rings. The third-order valence-electron chi connectivity index (χ3n) is 3.98. The van der Waals surface area contributed by atoms with Gasteiger partial charge in [0.15, 0.2) is 22.1 Å². The molecule has 1 aliphatic heterocycles. The summed E-state index contributed by atoms with van der Waals surface area (Å²) in [5, 5.41) is 6.37. The molecular formula is C19H22FN3O3S3. The van der Waals surface area contributed by atoms with Crippen LogP contribution in [0.15, 0.2) is 40.5 Å². The number of aromatic nitrogens is 1. The molecule has 0 bridgehead atoms. The maximum Gasteiger partial charge on any atom is 0.280 e. The van der Waals surface area contributed by atoms with E-state index in [1.165, 1.54) is 0 Å². The fraction of sp³-hybridized carbons (Fsp3) is 0.421. The number of hydrogen-bond acceptors (Lipinski definition) is 8. The summed E-state index contributed by atoms with van der Waals surface area (Å²) in [5.41, 5.74) is 0.735. The molecule has 2 heterocycles. The van der Waals surface area contributed by atoms with Gasteiger partial charge in [-0.05, 0) is 36.3 Å². The molecule has 0 spiro atoms. The molecule has 1 fully saturated rings. The smallest absolute Gasteiger partial charge is 0.280 e. The van der Waals surface area contributed by atoms with Gasteiger partial charge in [-0.3, -0.25) is 10.1 Å². The highest BCUT2D eigenvalue weighted by Crippen LogP contribution is 2.21. The zero-order chi connectivity index (χ0) is 20.5. The maximum absolute atomic E-state index is 13.2. The number of carbonyl (C=O) groups excluding carboxylic acids is 1. The highest BCUT2D eigenvalue weighted by atomic mass is 32.2. The molecular weight excluding hydrogens is 433 g/mol. The Hall–Kier alpha value is -1.62. The Morgan fingerprint density at radius 1 is 1.41 bits per heavy atom. The van der Waals surface area contributed by atoms with Crippen molar-refractivity contribution in [3.8, 4) is 0 Å². The summed E-state index contributed by atoms with van der Waals surface area (Å²) in [6.45, 7) is 1.06. The SMILES string of the molecule is CSCCCSc1ccc(/C(=N\O[C@@H]2CCOC2)C(=O)Nc2ncc(F)s2)cc1. The average Bonchev–Trinajstić information content (AvgIpc) is 3.38. The first-order valence-corrected chi connectivity index (χ1v) is 12.3. The van der Waals surface area contributed by atoms with Gasteiger partial charge in [0, 0.05) is 16.9 Å². The molecule has 156 valence electrons. The lowest BCUT2D eigenvalue weighted by Crippen LogP contribution is -2.25. The van der Waals surface area contributed by atoms with E-state index < -0.39 is 11.0 Å². The minimum Gasteiger partial charge on any atom is -0.389 e. The van der Waals surface area contributed by atoms with Crippen molar-refractivity contribution < 1.29 is 18.8 Å². The Morgan fingerprint density at radius 3 is 2.90 bits per heavy atom. The number of halogens is 1. The number of nitrogens with one attached hydrogen (secondary N) is 1. The van der Waals surface area contributed by atoms with E-state index in [1.807, 2.05) is 36.0 Å². The van der Waals surface area contributed by atoms with Crippen LogP contribution in [0.2, 0.25) is 0 Å². The molecule has 0 unspecified atom stereocenters. The summed E-state index contributed by atoms with van der Waals surface area (Å²) in [7, 11) is 0. The van der Waals surface area contributed by atoms with Crippen molar-refractivity contribution in [1.29, 1.82) is 0 Å². The summed E-state index contributed by atoms with van der Waals surface area (Å²) < 4.78 is 18.5. The molecule has 0 radical (unpaired) electrons. The van der Waals surface area contributed by atoms with Crippen LogP contribution in [-0.2, 0) is 14.4 Å². The molecule has 0 aliphatic carbocycles. The van der Waals surface area contributed by atoms with Crippen LogP contribution in [0.1, 0.15) is 18.4 Å². The normalized spacial score (nSPS) is 16.8. The predicted molar refractivity (Wildman–Crippen MR) is 118 cm³/mol. The van der Waals surface area contributed by atoms with E-state index >= 15 is 0 Å². The quantitative estimate of drug-likeness (QED) is 0.250. The van der Waals surface area contributed by atoms with Crippen LogP contribution in [0.3, 0.4) is 0 Å². The number of anilines is 1. The number of oxime groups is 1. The maximum atomic E-state index is 13.2. The van der Waals surface area contributed by atoms with Gasteiger partial charge < -0.3 is 9.57 Å². The molecule has 1 N–H and O–H groups in total. The monoisotopic (exact) mass is 455 g/mol. The van der Waals surface area contributed by atoms with Gasteiger partial charge in [-0.15, -0.1) is 11.8 Å². The highest BCUT2D eigenvalue weighted by Gasteiger charge is 2.21. The van der Waals surface area contributed by atoms with Crippen LogP contribution in [0, 0.1) is 5.13 Å². The van der Waals surface area contributed by atoms with Crippen LogP contribution in [0.4, 0.5) is 9.52 Å². The second kappa shape index (κ2) is 11.5. The highest BCUT2D eigenvalue weighted by molar-refractivity contribution is 7.99. The van der Waals surface area contributed by atoms with Crippen LogP contribution in [0.5, 0.6) is 0 Å². The first kappa shape index (κ1) is 22.1. The molecule has 1 atom stereocenters. The van der Waals surface area contributed by atoms with Crippen molar-refractivity contribution in [3.05, 3.63) is 41.2 Å². The summed E-state index contributed by atoms with van der Waals surface area (Å²) in [6.07, 6.45) is 4.85. The van der Waals surface area contributed by atoms with Crippen LogP contribution in [0.25, 0.3) is 0 Å². The number of hydrogen-bond donors (Lipinski definition) is 1. The lowest BCUT2D eigenvalue weighted by molar-refractivity contribution is -0.110. The Morgan fingerprint density at radius 2 is 2.24 bits per heavy atom. The van der Waals surface area contributed by atoms with Crippen LogP contribution in [-0.4, -0.2) is 53.7 Å². The first-order valence-electron chi connectivity index (χ1n) is 9.12. The summed E-state index contributed by atoms with van der Waals surface area (Å²) in [4.78, 5) is 23.2. The summed E-state index contributed by atoms with van der Waals surface area (Å²) >= 11 is 4.37. The number of carbonyl (C=O) groups is 1. The van der Waals surface area contributed by atoms with Crippen molar-refractivity contribution in [3.63, 3.8) is 0 Å². The van der Waals surface area contributed by atoms with Crippen LogP contribution >= 0.6 is 34.9 Å². The molecule has 1 aromatic carbocycles. The number of amides is 1. The van der Waals surface area contributed by atoms with Gasteiger partial charge in [-0.1, -0.05) is 28.6 Å². The van der Waals surface area contributed by atoms with E-state index in [-0.39, 0.29) is 16.9 Å². The molecule has 1 amide bonds. The lowest BCUT2D eigenvalue weighted by atomic mass is 10.1. The van der Waals surface area contributed by atoms with E-state index in [0.29, 0.717) is 18.8 Å². The van der Waals surface area contributed by atoms with Gasteiger partial charge >= 0.3 is 0 Å². The van der Waals surface area contributed by atoms with Crippen molar-refractivity contribution in [2.75, 3.05) is 36.3 Å².